The van der Waals surface area contributed by atoms with Crippen molar-refractivity contribution in [1.82, 2.24) is 10.2 Å². The number of nitrogens with zero attached hydrogens (tertiary/aromatic N) is 1. The first-order chi connectivity index (χ1) is 12.7. The van der Waals surface area contributed by atoms with Crippen molar-refractivity contribution in [2.75, 3.05) is 33.9 Å². The Labute approximate surface area is 164 Å². The lowest BCUT2D eigenvalue weighted by Crippen LogP contribution is -2.34. The van der Waals surface area contributed by atoms with E-state index in [0.717, 1.165) is 42.2 Å². The van der Waals surface area contributed by atoms with Crippen LogP contribution in [0.1, 0.15) is 30.0 Å². The van der Waals surface area contributed by atoms with E-state index in [9.17, 15) is 0 Å². The summed E-state index contributed by atoms with van der Waals surface area (Å²) < 4.78 is 11.9. The molecule has 1 heterocycles. The van der Waals surface area contributed by atoms with Crippen LogP contribution in [0.2, 0.25) is 0 Å². The third-order valence-corrected chi connectivity index (χ3v) is 5.58. The van der Waals surface area contributed by atoms with Gasteiger partial charge in [-0.25, -0.2) is 0 Å². The Morgan fingerprint density at radius 2 is 1.77 bits per heavy atom. The van der Waals surface area contributed by atoms with Crippen LogP contribution in [0.3, 0.4) is 0 Å². The van der Waals surface area contributed by atoms with Crippen molar-refractivity contribution in [3.8, 4) is 11.5 Å². The fourth-order valence-corrected chi connectivity index (χ4v) is 4.19. The standard InChI is InChI=1S/C21H27BrN2O2/c1-25-20-8-4-3-7-17(20)19(24-11-5-6-12-24)15-23-14-16-9-10-21(26-2)18(22)13-16/h3-4,7-10,13,19,23H,5-6,11-12,14-15H2,1-2H3/t19-/m0/s1. The minimum Gasteiger partial charge on any atom is -0.496 e. The highest BCUT2D eigenvalue weighted by Crippen LogP contribution is 2.31. The van der Waals surface area contributed by atoms with E-state index in [4.69, 9.17) is 9.47 Å². The van der Waals surface area contributed by atoms with Crippen LogP contribution in [-0.2, 0) is 6.54 Å². The summed E-state index contributed by atoms with van der Waals surface area (Å²) >= 11 is 3.56. The molecule has 0 spiro atoms. The molecule has 3 rings (SSSR count). The summed E-state index contributed by atoms with van der Waals surface area (Å²) in [6.07, 6.45) is 2.55. The van der Waals surface area contributed by atoms with Crippen molar-refractivity contribution in [3.05, 3.63) is 58.1 Å². The van der Waals surface area contributed by atoms with Gasteiger partial charge in [-0.1, -0.05) is 24.3 Å². The molecule has 140 valence electrons. The highest BCUT2D eigenvalue weighted by atomic mass is 79.9. The molecule has 0 saturated carbocycles. The average Bonchev–Trinajstić information content (AvgIpc) is 3.20. The van der Waals surface area contributed by atoms with Crippen molar-refractivity contribution in [2.45, 2.75) is 25.4 Å². The number of para-hydroxylation sites is 1. The van der Waals surface area contributed by atoms with Gasteiger partial charge in [0.1, 0.15) is 11.5 Å². The first-order valence-corrected chi connectivity index (χ1v) is 9.92. The zero-order chi connectivity index (χ0) is 18.4. The largest absolute Gasteiger partial charge is 0.496 e. The van der Waals surface area contributed by atoms with E-state index >= 15 is 0 Å². The van der Waals surface area contributed by atoms with E-state index < -0.39 is 0 Å². The lowest BCUT2D eigenvalue weighted by molar-refractivity contribution is 0.232. The number of ether oxygens (including phenoxy) is 2. The van der Waals surface area contributed by atoms with Crippen LogP contribution < -0.4 is 14.8 Å². The van der Waals surface area contributed by atoms with Gasteiger partial charge >= 0.3 is 0 Å². The predicted molar refractivity (Wildman–Crippen MR) is 109 cm³/mol. The molecule has 0 amide bonds. The molecule has 1 aliphatic heterocycles. The molecule has 0 aliphatic carbocycles. The third-order valence-electron chi connectivity index (χ3n) is 4.96. The molecule has 0 unspecified atom stereocenters. The van der Waals surface area contributed by atoms with Crippen LogP contribution in [0.5, 0.6) is 11.5 Å². The number of benzene rings is 2. The Hall–Kier alpha value is -1.56. The predicted octanol–water partition coefficient (Wildman–Crippen LogP) is 4.39. The number of halogens is 1. The smallest absolute Gasteiger partial charge is 0.133 e. The first kappa shape index (κ1) is 19.2. The van der Waals surface area contributed by atoms with Gasteiger partial charge in [0.05, 0.1) is 24.7 Å². The second-order valence-corrected chi connectivity index (χ2v) is 7.45. The zero-order valence-electron chi connectivity index (χ0n) is 15.5. The van der Waals surface area contributed by atoms with E-state index in [0.29, 0.717) is 6.04 Å². The minimum absolute atomic E-state index is 0.329. The third kappa shape index (κ3) is 4.58. The van der Waals surface area contributed by atoms with Crippen LogP contribution in [0, 0.1) is 0 Å². The second-order valence-electron chi connectivity index (χ2n) is 6.60. The van der Waals surface area contributed by atoms with Crippen molar-refractivity contribution in [2.24, 2.45) is 0 Å². The maximum atomic E-state index is 5.62. The lowest BCUT2D eigenvalue weighted by atomic mass is 10.0. The van der Waals surface area contributed by atoms with Crippen molar-refractivity contribution < 1.29 is 9.47 Å². The lowest BCUT2D eigenvalue weighted by Gasteiger charge is -2.29. The molecule has 1 saturated heterocycles. The molecular weight excluding hydrogens is 392 g/mol. The van der Waals surface area contributed by atoms with E-state index in [2.05, 4.69) is 56.5 Å². The van der Waals surface area contributed by atoms with Gasteiger partial charge < -0.3 is 14.8 Å². The van der Waals surface area contributed by atoms with Gasteiger partial charge in [-0.15, -0.1) is 0 Å². The minimum atomic E-state index is 0.329. The zero-order valence-corrected chi connectivity index (χ0v) is 17.1. The summed E-state index contributed by atoms with van der Waals surface area (Å²) in [5.74, 6) is 1.83. The van der Waals surface area contributed by atoms with Gasteiger partial charge in [0.25, 0.3) is 0 Å². The summed E-state index contributed by atoms with van der Waals surface area (Å²) in [5.41, 5.74) is 2.50. The van der Waals surface area contributed by atoms with Crippen LogP contribution in [0.25, 0.3) is 0 Å². The molecule has 0 bridgehead atoms. The van der Waals surface area contributed by atoms with Gasteiger partial charge in [-0.2, -0.15) is 0 Å². The molecule has 1 N–H and O–H groups in total. The SMILES string of the molecule is COc1ccc(CNC[C@@H](c2ccccc2OC)N2CCCC2)cc1Br. The summed E-state index contributed by atoms with van der Waals surface area (Å²) in [6.45, 7) is 4.02. The van der Waals surface area contributed by atoms with E-state index in [1.807, 2.05) is 12.1 Å². The molecule has 1 atom stereocenters. The quantitative estimate of drug-likeness (QED) is 0.688. The normalized spacial score (nSPS) is 15.8. The van der Waals surface area contributed by atoms with Gasteiger partial charge in [-0.05, 0) is 65.6 Å². The monoisotopic (exact) mass is 418 g/mol. The number of hydrogen-bond donors (Lipinski definition) is 1. The maximum Gasteiger partial charge on any atom is 0.133 e. The van der Waals surface area contributed by atoms with Crippen LogP contribution in [0.15, 0.2) is 46.9 Å². The molecule has 2 aromatic rings. The molecule has 0 aromatic heterocycles. The van der Waals surface area contributed by atoms with Crippen molar-refractivity contribution in [3.63, 3.8) is 0 Å². The summed E-state index contributed by atoms with van der Waals surface area (Å²) in [7, 11) is 3.44. The maximum absolute atomic E-state index is 5.62. The number of hydrogen-bond acceptors (Lipinski definition) is 4. The Morgan fingerprint density at radius 3 is 2.46 bits per heavy atom. The van der Waals surface area contributed by atoms with E-state index in [1.54, 1.807) is 14.2 Å². The second kappa shape index (κ2) is 9.40. The summed E-state index contributed by atoms with van der Waals surface area (Å²) in [5, 5.41) is 3.63. The van der Waals surface area contributed by atoms with Gasteiger partial charge in [0.2, 0.25) is 0 Å². The van der Waals surface area contributed by atoms with Crippen molar-refractivity contribution in [1.29, 1.82) is 0 Å². The number of rotatable bonds is 8. The topological polar surface area (TPSA) is 33.7 Å². The first-order valence-electron chi connectivity index (χ1n) is 9.13. The highest BCUT2D eigenvalue weighted by Gasteiger charge is 2.25. The highest BCUT2D eigenvalue weighted by molar-refractivity contribution is 9.10. The average molecular weight is 419 g/mol. The fourth-order valence-electron chi connectivity index (χ4n) is 3.60. The Kier molecular flexibility index (Phi) is 6.94. The van der Waals surface area contributed by atoms with E-state index in [1.165, 1.54) is 24.0 Å². The van der Waals surface area contributed by atoms with E-state index in [-0.39, 0.29) is 0 Å². The summed E-state index contributed by atoms with van der Waals surface area (Å²) in [6, 6.07) is 14.9. The van der Waals surface area contributed by atoms with Crippen molar-refractivity contribution >= 4 is 15.9 Å². The Bertz CT molecular complexity index is 717. The molecule has 1 fully saturated rings. The molecule has 4 nitrogen and oxygen atoms in total. The van der Waals surface area contributed by atoms with Crippen LogP contribution >= 0.6 is 15.9 Å². The Morgan fingerprint density at radius 1 is 1.04 bits per heavy atom. The molecular formula is C21H27BrN2O2. The summed E-state index contributed by atoms with van der Waals surface area (Å²) in [4.78, 5) is 2.56. The Balaban J connectivity index is 1.69. The molecule has 26 heavy (non-hydrogen) atoms. The number of nitrogens with one attached hydrogen (secondary N) is 1. The van der Waals surface area contributed by atoms with Crippen LogP contribution in [0.4, 0.5) is 0 Å². The van der Waals surface area contributed by atoms with Crippen LogP contribution in [-0.4, -0.2) is 38.8 Å². The number of methoxy groups -OCH3 is 2. The van der Waals surface area contributed by atoms with Gasteiger partial charge in [-0.3, -0.25) is 4.90 Å². The molecule has 2 aromatic carbocycles. The number of likely N-dealkylation sites (tertiary alicyclic amines) is 1. The van der Waals surface area contributed by atoms with Gasteiger partial charge in [0, 0.05) is 18.7 Å². The molecule has 1 aliphatic rings. The molecule has 0 radical (unpaired) electrons. The fraction of sp³-hybridized carbons (Fsp3) is 0.429. The van der Waals surface area contributed by atoms with Gasteiger partial charge in [0.15, 0.2) is 0 Å². The molecule has 5 heteroatoms.